The second-order valence-corrected chi connectivity index (χ2v) is 17.9. The van der Waals surface area contributed by atoms with Crippen molar-refractivity contribution in [3.8, 4) is 61.7 Å². The van der Waals surface area contributed by atoms with E-state index in [4.69, 9.17) is 4.74 Å². The average molecular weight is 774 g/mol. The van der Waals surface area contributed by atoms with Gasteiger partial charge in [0.1, 0.15) is 11.5 Å². The van der Waals surface area contributed by atoms with E-state index in [0.29, 0.717) is 0 Å². The van der Waals surface area contributed by atoms with Crippen LogP contribution in [0, 0.1) is 62.3 Å². The number of aryl methyl sites for hydroxylation is 9. The van der Waals surface area contributed by atoms with Crippen molar-refractivity contribution in [3.63, 3.8) is 0 Å². The highest BCUT2D eigenvalue weighted by Crippen LogP contribution is 2.44. The topological polar surface area (TPSA) is 14.2 Å². The Bertz CT molecular complexity index is 3260. The third-order valence-electron chi connectivity index (χ3n) is 13.4. The monoisotopic (exact) mass is 773 g/mol. The lowest BCUT2D eigenvalue weighted by atomic mass is 9.34. The maximum absolute atomic E-state index is 7.15. The molecule has 2 nitrogen and oxygen atoms in total. The predicted molar refractivity (Wildman–Crippen MR) is 256 cm³/mol. The summed E-state index contributed by atoms with van der Waals surface area (Å²) in [6.45, 7) is 20.1. The molecule has 0 fully saturated rings. The summed E-state index contributed by atoms with van der Waals surface area (Å²) < 4.78 is 9.72. The molecule has 9 aromatic rings. The van der Waals surface area contributed by atoms with Gasteiger partial charge in [-0.25, -0.2) is 0 Å². The van der Waals surface area contributed by atoms with Crippen LogP contribution in [0.3, 0.4) is 0 Å². The fourth-order valence-electron chi connectivity index (χ4n) is 11.4. The standard InChI is InChI=1S/C57H48BNO/c1-31-19-34(4)53(35(5)20-31)42-15-17-49-45(25-42)46-26-43(54-36(6)21-32(2)22-37(54)7)28-48-57(46)59(49)50-29-44(55-38(8)23-33(3)24-39(55)9)30-52-56(50)58(48)47-27-41(16-18-51(47)60-52)40-13-11-10-12-14-40/h10-30H,1-9H3. The van der Waals surface area contributed by atoms with Gasteiger partial charge in [0.25, 0.3) is 6.71 Å². The van der Waals surface area contributed by atoms with Gasteiger partial charge in [-0.05, 0) is 193 Å². The van der Waals surface area contributed by atoms with Crippen LogP contribution in [0.25, 0.3) is 72.0 Å². The molecule has 0 aliphatic carbocycles. The van der Waals surface area contributed by atoms with E-state index in [1.54, 1.807) is 0 Å². The smallest absolute Gasteiger partial charge is 0.256 e. The Hall–Kier alpha value is -6.58. The normalized spacial score (nSPS) is 12.5. The van der Waals surface area contributed by atoms with E-state index in [0.717, 1.165) is 11.5 Å². The van der Waals surface area contributed by atoms with Crippen LogP contribution >= 0.6 is 0 Å². The minimum atomic E-state index is -0.0388. The van der Waals surface area contributed by atoms with Gasteiger partial charge in [-0.2, -0.15) is 0 Å². The van der Waals surface area contributed by atoms with Crippen molar-refractivity contribution in [1.29, 1.82) is 0 Å². The number of fused-ring (bicyclic) bond motifs is 7. The fourth-order valence-corrected chi connectivity index (χ4v) is 11.4. The van der Waals surface area contributed by atoms with Crippen LogP contribution in [0.5, 0.6) is 11.5 Å². The van der Waals surface area contributed by atoms with E-state index in [1.165, 1.54) is 138 Å². The average Bonchev–Trinajstić information content (AvgIpc) is 3.52. The van der Waals surface area contributed by atoms with Crippen LogP contribution < -0.4 is 21.1 Å². The first-order chi connectivity index (χ1) is 28.9. The van der Waals surface area contributed by atoms with Gasteiger partial charge in [-0.15, -0.1) is 0 Å². The van der Waals surface area contributed by atoms with Crippen molar-refractivity contribution in [2.75, 3.05) is 0 Å². The van der Waals surface area contributed by atoms with Crippen molar-refractivity contribution in [3.05, 3.63) is 177 Å². The van der Waals surface area contributed by atoms with Crippen LogP contribution in [0.15, 0.2) is 127 Å². The van der Waals surface area contributed by atoms with Crippen molar-refractivity contribution in [1.82, 2.24) is 4.57 Å². The molecule has 11 rings (SSSR count). The molecule has 0 spiro atoms. The lowest BCUT2D eigenvalue weighted by molar-refractivity contribution is 0.487. The molecular weight excluding hydrogens is 725 g/mol. The predicted octanol–water partition coefficient (Wildman–Crippen LogP) is 13.2. The van der Waals surface area contributed by atoms with E-state index in [-0.39, 0.29) is 6.71 Å². The van der Waals surface area contributed by atoms with E-state index in [9.17, 15) is 0 Å². The molecule has 290 valence electrons. The fraction of sp³-hybridized carbons (Fsp3) is 0.158. The maximum atomic E-state index is 7.15. The Morgan fingerprint density at radius 2 is 0.917 bits per heavy atom. The van der Waals surface area contributed by atoms with Crippen LogP contribution in [0.4, 0.5) is 0 Å². The van der Waals surface area contributed by atoms with Gasteiger partial charge in [0.2, 0.25) is 0 Å². The van der Waals surface area contributed by atoms with Crippen molar-refractivity contribution >= 4 is 44.9 Å². The third kappa shape index (κ3) is 5.41. The largest absolute Gasteiger partial charge is 0.458 e. The summed E-state index contributed by atoms with van der Waals surface area (Å²) in [5.41, 5.74) is 29.1. The minimum Gasteiger partial charge on any atom is -0.458 e. The van der Waals surface area contributed by atoms with E-state index in [1.807, 2.05) is 0 Å². The van der Waals surface area contributed by atoms with Crippen LogP contribution in [0.1, 0.15) is 50.1 Å². The number of nitrogens with zero attached hydrogens (tertiary/aromatic N) is 1. The zero-order valence-electron chi connectivity index (χ0n) is 36.1. The molecule has 8 aromatic carbocycles. The Balaban J connectivity index is 1.29. The van der Waals surface area contributed by atoms with Crippen LogP contribution in [0.2, 0.25) is 0 Å². The Morgan fingerprint density at radius 1 is 0.400 bits per heavy atom. The van der Waals surface area contributed by atoms with E-state index < -0.39 is 0 Å². The molecule has 0 bridgehead atoms. The quantitative estimate of drug-likeness (QED) is 0.163. The number of benzene rings is 8. The molecule has 2 aliphatic heterocycles. The molecule has 0 unspecified atom stereocenters. The molecule has 0 atom stereocenters. The lowest BCUT2D eigenvalue weighted by Crippen LogP contribution is -2.58. The summed E-state index contributed by atoms with van der Waals surface area (Å²) >= 11 is 0. The van der Waals surface area contributed by atoms with E-state index >= 15 is 0 Å². The Morgan fingerprint density at radius 3 is 1.52 bits per heavy atom. The first kappa shape index (κ1) is 36.5. The summed E-state index contributed by atoms with van der Waals surface area (Å²) in [4.78, 5) is 0. The Labute approximate surface area is 354 Å². The molecule has 0 radical (unpaired) electrons. The van der Waals surface area contributed by atoms with Gasteiger partial charge in [-0.1, -0.05) is 108 Å². The van der Waals surface area contributed by atoms with Gasteiger partial charge in [0, 0.05) is 22.0 Å². The molecule has 0 amide bonds. The highest BCUT2D eigenvalue weighted by Gasteiger charge is 2.41. The molecule has 0 N–H and O–H groups in total. The highest BCUT2D eigenvalue weighted by molar-refractivity contribution is 6.99. The first-order valence-electron chi connectivity index (χ1n) is 21.4. The van der Waals surface area contributed by atoms with E-state index in [2.05, 4.69) is 194 Å². The number of rotatable bonds is 4. The number of hydrogen-bond acceptors (Lipinski definition) is 1. The molecule has 0 saturated heterocycles. The van der Waals surface area contributed by atoms with Gasteiger partial charge >= 0.3 is 0 Å². The number of ether oxygens (including phenoxy) is 1. The molecule has 60 heavy (non-hydrogen) atoms. The zero-order chi connectivity index (χ0) is 41.3. The third-order valence-corrected chi connectivity index (χ3v) is 13.4. The van der Waals surface area contributed by atoms with Gasteiger partial charge in [0.05, 0.1) is 5.52 Å². The maximum Gasteiger partial charge on any atom is 0.256 e. The molecule has 3 heterocycles. The summed E-state index contributed by atoms with van der Waals surface area (Å²) in [6, 6.07) is 48.5. The first-order valence-corrected chi connectivity index (χ1v) is 21.4. The summed E-state index contributed by atoms with van der Waals surface area (Å²) in [7, 11) is 0. The summed E-state index contributed by atoms with van der Waals surface area (Å²) in [5.74, 6) is 1.86. The van der Waals surface area contributed by atoms with Gasteiger partial charge < -0.3 is 9.30 Å². The second kappa shape index (κ2) is 13.2. The highest BCUT2D eigenvalue weighted by atomic mass is 16.5. The number of aromatic nitrogens is 1. The molecule has 2 aliphatic rings. The Kier molecular flexibility index (Phi) is 8.04. The van der Waals surface area contributed by atoms with Crippen LogP contribution in [-0.2, 0) is 0 Å². The molecule has 3 heteroatoms. The second-order valence-electron chi connectivity index (χ2n) is 17.9. The van der Waals surface area contributed by atoms with Crippen molar-refractivity contribution in [2.45, 2.75) is 62.3 Å². The molecule has 1 aromatic heterocycles. The van der Waals surface area contributed by atoms with Gasteiger partial charge in [0.15, 0.2) is 0 Å². The summed E-state index contributed by atoms with van der Waals surface area (Å²) in [6.07, 6.45) is 0. The SMILES string of the molecule is Cc1cc(C)c(-c2cc3c4c(c2)-n2c5ccc(-c6c(C)cc(C)cc6C)cc5c5cc(-c6c(C)cc(C)cc6C)cc(c52)B4c2cc(-c4ccccc4)ccc2O3)c(C)c1. The minimum absolute atomic E-state index is 0.0388. The molecule has 0 saturated carbocycles. The van der Waals surface area contributed by atoms with Crippen molar-refractivity contribution < 1.29 is 4.74 Å². The van der Waals surface area contributed by atoms with Crippen LogP contribution in [-0.4, -0.2) is 11.3 Å². The molecular formula is C57H48BNO. The van der Waals surface area contributed by atoms with Gasteiger partial charge in [-0.3, -0.25) is 0 Å². The number of hydrogen-bond donors (Lipinski definition) is 0. The lowest BCUT2D eigenvalue weighted by Gasteiger charge is -2.34. The summed E-state index contributed by atoms with van der Waals surface area (Å²) in [5, 5.41) is 2.56. The zero-order valence-corrected chi connectivity index (χ0v) is 36.1. The van der Waals surface area contributed by atoms with Crippen molar-refractivity contribution in [2.24, 2.45) is 0 Å².